The number of anilines is 2. The number of carbonyl (C=O) groups excluding carboxylic acids is 1. The van der Waals surface area contributed by atoms with Crippen LogP contribution in [0.1, 0.15) is 5.56 Å². The number of hydrogen-bond acceptors (Lipinski definition) is 6. The molecule has 0 bridgehead atoms. The number of amides is 1. The SMILES string of the molecule is C=CC(=O)N1CCN(c2ncnc3cc(-c4ccc(C=N)c(N)c4)c(Cl)cc23)CC1. The molecule has 0 atom stereocenters. The number of rotatable bonds is 4. The van der Waals surface area contributed by atoms with Crippen molar-refractivity contribution in [2.75, 3.05) is 36.8 Å². The molecule has 1 aliphatic heterocycles. The molecule has 1 saturated heterocycles. The number of fused-ring (bicyclic) bond motifs is 1. The Kier molecular flexibility index (Phi) is 5.37. The van der Waals surface area contributed by atoms with Crippen LogP contribution in [0.2, 0.25) is 5.02 Å². The van der Waals surface area contributed by atoms with Gasteiger partial charge in [0.1, 0.15) is 12.1 Å². The van der Waals surface area contributed by atoms with Gasteiger partial charge in [0.15, 0.2) is 0 Å². The van der Waals surface area contributed by atoms with E-state index in [2.05, 4.69) is 21.4 Å². The standard InChI is InChI=1S/C22H21ClN6O/c1-2-21(30)28-5-7-29(8-6-28)22-17-10-18(23)16(11-20(17)26-13-27-22)14-3-4-15(12-24)19(25)9-14/h2-4,9-13,24H,1,5-8,25H2. The molecule has 1 aliphatic rings. The molecule has 3 aromatic rings. The third-order valence-corrected chi connectivity index (χ3v) is 5.63. The van der Waals surface area contributed by atoms with Gasteiger partial charge in [0, 0.05) is 59.6 Å². The Balaban J connectivity index is 1.69. The first-order valence-electron chi connectivity index (χ1n) is 9.52. The lowest BCUT2D eigenvalue weighted by Crippen LogP contribution is -2.48. The fraction of sp³-hybridized carbons (Fsp3) is 0.182. The first-order chi connectivity index (χ1) is 14.5. The second-order valence-electron chi connectivity index (χ2n) is 7.05. The fourth-order valence-electron chi connectivity index (χ4n) is 3.68. The number of nitrogens with one attached hydrogen (secondary N) is 1. The molecule has 0 saturated carbocycles. The van der Waals surface area contributed by atoms with Crippen LogP contribution >= 0.6 is 11.6 Å². The quantitative estimate of drug-likeness (QED) is 0.383. The maximum Gasteiger partial charge on any atom is 0.246 e. The lowest BCUT2D eigenvalue weighted by molar-refractivity contribution is -0.126. The largest absolute Gasteiger partial charge is 0.398 e. The van der Waals surface area contributed by atoms with Crippen molar-refractivity contribution in [3.05, 3.63) is 59.9 Å². The third kappa shape index (κ3) is 3.59. The minimum absolute atomic E-state index is 0.0526. The molecule has 8 heteroatoms. The van der Waals surface area contributed by atoms with E-state index in [0.29, 0.717) is 42.5 Å². The highest BCUT2D eigenvalue weighted by atomic mass is 35.5. The molecule has 7 nitrogen and oxygen atoms in total. The molecule has 1 amide bonds. The number of nitrogens with two attached hydrogens (primary N) is 1. The summed E-state index contributed by atoms with van der Waals surface area (Å²) in [6.07, 6.45) is 4.12. The zero-order valence-electron chi connectivity index (χ0n) is 16.3. The topological polar surface area (TPSA) is 99.2 Å². The van der Waals surface area contributed by atoms with Gasteiger partial charge in [-0.15, -0.1) is 0 Å². The van der Waals surface area contributed by atoms with E-state index in [0.717, 1.165) is 27.8 Å². The van der Waals surface area contributed by atoms with Crippen molar-refractivity contribution in [1.29, 1.82) is 5.41 Å². The van der Waals surface area contributed by atoms with E-state index in [1.165, 1.54) is 12.3 Å². The predicted octanol–water partition coefficient (Wildman–Crippen LogP) is 3.36. The van der Waals surface area contributed by atoms with Crippen LogP contribution in [0.4, 0.5) is 11.5 Å². The maximum atomic E-state index is 11.8. The average Bonchev–Trinajstić information content (AvgIpc) is 2.78. The van der Waals surface area contributed by atoms with Crippen molar-refractivity contribution >= 4 is 46.1 Å². The molecule has 3 N–H and O–H groups in total. The zero-order chi connectivity index (χ0) is 21.3. The Bertz CT molecular complexity index is 1150. The molecule has 0 radical (unpaired) electrons. The van der Waals surface area contributed by atoms with Crippen LogP contribution in [0.5, 0.6) is 0 Å². The highest BCUT2D eigenvalue weighted by Crippen LogP contribution is 2.35. The average molecular weight is 421 g/mol. The molecule has 1 fully saturated rings. The molecule has 30 heavy (non-hydrogen) atoms. The third-order valence-electron chi connectivity index (χ3n) is 5.32. The molecule has 2 heterocycles. The van der Waals surface area contributed by atoms with Gasteiger partial charge in [0.05, 0.1) is 5.52 Å². The van der Waals surface area contributed by atoms with Crippen molar-refractivity contribution < 1.29 is 4.79 Å². The molecule has 4 rings (SSSR count). The lowest BCUT2D eigenvalue weighted by atomic mass is 10.0. The van der Waals surface area contributed by atoms with E-state index < -0.39 is 0 Å². The highest BCUT2D eigenvalue weighted by Gasteiger charge is 2.22. The van der Waals surface area contributed by atoms with E-state index >= 15 is 0 Å². The molecular formula is C22H21ClN6O. The molecule has 0 aliphatic carbocycles. The number of aromatic nitrogens is 2. The Labute approximate surface area is 179 Å². The zero-order valence-corrected chi connectivity index (χ0v) is 17.1. The van der Waals surface area contributed by atoms with Gasteiger partial charge in [-0.25, -0.2) is 9.97 Å². The Morgan fingerprint density at radius 1 is 1.17 bits per heavy atom. The van der Waals surface area contributed by atoms with Crippen molar-refractivity contribution in [3.8, 4) is 11.1 Å². The van der Waals surface area contributed by atoms with Gasteiger partial charge in [0.25, 0.3) is 0 Å². The summed E-state index contributed by atoms with van der Waals surface area (Å²) in [5.74, 6) is 0.751. The van der Waals surface area contributed by atoms with Gasteiger partial charge >= 0.3 is 0 Å². The number of piperazine rings is 1. The van der Waals surface area contributed by atoms with Crippen molar-refractivity contribution in [1.82, 2.24) is 14.9 Å². The number of benzene rings is 2. The van der Waals surface area contributed by atoms with Crippen molar-refractivity contribution in [3.63, 3.8) is 0 Å². The summed E-state index contributed by atoms with van der Waals surface area (Å²) in [7, 11) is 0. The van der Waals surface area contributed by atoms with Crippen LogP contribution in [-0.2, 0) is 4.79 Å². The maximum absolute atomic E-state index is 11.8. The monoisotopic (exact) mass is 420 g/mol. The van der Waals surface area contributed by atoms with Crippen molar-refractivity contribution in [2.45, 2.75) is 0 Å². The van der Waals surface area contributed by atoms with Gasteiger partial charge < -0.3 is 20.9 Å². The van der Waals surface area contributed by atoms with Crippen LogP contribution in [0.25, 0.3) is 22.0 Å². The minimum Gasteiger partial charge on any atom is -0.398 e. The summed E-state index contributed by atoms with van der Waals surface area (Å²) >= 11 is 6.63. The second kappa shape index (κ2) is 8.12. The van der Waals surface area contributed by atoms with Crippen LogP contribution in [0.3, 0.4) is 0 Å². The second-order valence-corrected chi connectivity index (χ2v) is 7.46. The summed E-state index contributed by atoms with van der Waals surface area (Å²) in [6.45, 7) is 6.12. The Morgan fingerprint density at radius 3 is 2.60 bits per heavy atom. The van der Waals surface area contributed by atoms with Gasteiger partial charge in [-0.2, -0.15) is 0 Å². The summed E-state index contributed by atoms with van der Waals surface area (Å²) in [5, 5.41) is 8.83. The fourth-order valence-corrected chi connectivity index (χ4v) is 3.95. The minimum atomic E-state index is -0.0526. The number of nitrogens with zero attached hydrogens (tertiary/aromatic N) is 4. The van der Waals surface area contributed by atoms with E-state index in [1.807, 2.05) is 24.3 Å². The summed E-state index contributed by atoms with van der Waals surface area (Å²) in [6, 6.07) is 9.31. The van der Waals surface area contributed by atoms with E-state index in [4.69, 9.17) is 22.7 Å². The lowest BCUT2D eigenvalue weighted by Gasteiger charge is -2.35. The van der Waals surface area contributed by atoms with Crippen LogP contribution < -0.4 is 10.6 Å². The normalized spacial score (nSPS) is 14.0. The molecule has 0 spiro atoms. The molecule has 2 aromatic carbocycles. The molecule has 1 aromatic heterocycles. The summed E-state index contributed by atoms with van der Waals surface area (Å²) in [4.78, 5) is 24.7. The van der Waals surface area contributed by atoms with Crippen LogP contribution in [0.15, 0.2) is 49.3 Å². The predicted molar refractivity (Wildman–Crippen MR) is 121 cm³/mol. The number of carbonyl (C=O) groups is 1. The summed E-state index contributed by atoms with van der Waals surface area (Å²) < 4.78 is 0. The first-order valence-corrected chi connectivity index (χ1v) is 9.90. The number of nitrogen functional groups attached to an aromatic ring is 1. The molecule has 0 unspecified atom stereocenters. The Morgan fingerprint density at radius 2 is 1.93 bits per heavy atom. The summed E-state index contributed by atoms with van der Waals surface area (Å²) in [5.41, 5.74) is 9.68. The van der Waals surface area contributed by atoms with Gasteiger partial charge in [-0.05, 0) is 29.8 Å². The highest BCUT2D eigenvalue weighted by molar-refractivity contribution is 6.34. The van der Waals surface area contributed by atoms with Gasteiger partial charge in [-0.3, -0.25) is 4.79 Å². The van der Waals surface area contributed by atoms with E-state index in [9.17, 15) is 4.79 Å². The van der Waals surface area contributed by atoms with E-state index in [1.54, 1.807) is 17.3 Å². The van der Waals surface area contributed by atoms with Crippen LogP contribution in [0, 0.1) is 5.41 Å². The first kappa shape index (κ1) is 19.8. The van der Waals surface area contributed by atoms with Crippen molar-refractivity contribution in [2.24, 2.45) is 0 Å². The van der Waals surface area contributed by atoms with E-state index in [-0.39, 0.29) is 5.91 Å². The molecular weight excluding hydrogens is 400 g/mol. The smallest absolute Gasteiger partial charge is 0.246 e. The van der Waals surface area contributed by atoms with Crippen LogP contribution in [-0.4, -0.2) is 53.2 Å². The Hall–Kier alpha value is -3.45. The number of hydrogen-bond donors (Lipinski definition) is 2. The number of halogens is 1. The molecule has 152 valence electrons. The van der Waals surface area contributed by atoms with Gasteiger partial charge in [0.2, 0.25) is 5.91 Å². The van der Waals surface area contributed by atoms with Gasteiger partial charge in [-0.1, -0.05) is 30.3 Å².